The molecule has 2 aliphatic carbocycles. The third kappa shape index (κ3) is 6.02. The predicted octanol–water partition coefficient (Wildman–Crippen LogP) is 5.92. The van der Waals surface area contributed by atoms with Gasteiger partial charge in [-0.2, -0.15) is 4.98 Å². The van der Waals surface area contributed by atoms with Gasteiger partial charge in [-0.15, -0.1) is 0 Å². The number of anilines is 3. The summed E-state index contributed by atoms with van der Waals surface area (Å²) in [5.41, 5.74) is 1.45. The Hall–Kier alpha value is -4.22. The number of ether oxygens (including phenoxy) is 1. The summed E-state index contributed by atoms with van der Waals surface area (Å²) in [6, 6.07) is 5.99. The van der Waals surface area contributed by atoms with Crippen molar-refractivity contribution in [1.29, 1.82) is 0 Å². The number of hydrogen-bond acceptors (Lipinski definition) is 8. The molecule has 4 aliphatic rings. The van der Waals surface area contributed by atoms with Gasteiger partial charge in [-0.25, -0.2) is 14.8 Å². The third-order valence-electron chi connectivity index (χ3n) is 10.4. The summed E-state index contributed by atoms with van der Waals surface area (Å²) in [6.45, 7) is 7.03. The highest BCUT2D eigenvalue weighted by molar-refractivity contribution is 5.98. The molecule has 2 saturated heterocycles. The van der Waals surface area contributed by atoms with Crippen LogP contribution in [-0.2, 0) is 9.53 Å². The van der Waals surface area contributed by atoms with Crippen LogP contribution < -0.4 is 10.2 Å². The van der Waals surface area contributed by atoms with Gasteiger partial charge >= 0.3 is 6.09 Å². The second-order valence-corrected chi connectivity index (χ2v) is 15.2. The topological polar surface area (TPSA) is 126 Å². The molecule has 12 heteroatoms. The molecule has 7 rings (SSSR count). The number of amides is 3. The molecule has 0 aromatic carbocycles. The summed E-state index contributed by atoms with van der Waals surface area (Å²) in [7, 11) is 3.53. The lowest BCUT2D eigenvalue weighted by atomic mass is 9.84. The summed E-state index contributed by atoms with van der Waals surface area (Å²) in [6.07, 6.45) is 11.8. The van der Waals surface area contributed by atoms with Gasteiger partial charge in [0.2, 0.25) is 11.9 Å². The summed E-state index contributed by atoms with van der Waals surface area (Å²) in [4.78, 5) is 58.9. The van der Waals surface area contributed by atoms with Crippen LogP contribution in [0.5, 0.6) is 0 Å². The molecule has 2 aliphatic heterocycles. The van der Waals surface area contributed by atoms with Gasteiger partial charge in [-0.3, -0.25) is 9.59 Å². The van der Waals surface area contributed by atoms with E-state index in [2.05, 4.69) is 19.9 Å². The van der Waals surface area contributed by atoms with Crippen molar-refractivity contribution >= 4 is 46.4 Å². The highest BCUT2D eigenvalue weighted by atomic mass is 16.6. The zero-order valence-electron chi connectivity index (χ0n) is 28.2. The Morgan fingerprint density at radius 3 is 2.53 bits per heavy atom. The first-order chi connectivity index (χ1) is 22.4. The Kier molecular flexibility index (Phi) is 7.87. The SMILES string of the molecule is CN(C)C(=O)c1cc2cnc(Nc3ccc(N4CC5(CC4=O)CC4CCCN(C(=O)OC(C)(C)C)C4C5)cn3)nc2n1C1CCCC1. The number of rotatable bonds is 5. The first-order valence-corrected chi connectivity index (χ1v) is 17.0. The zero-order valence-corrected chi connectivity index (χ0v) is 28.2. The number of piperidine rings is 1. The maximum atomic E-state index is 13.4. The van der Waals surface area contributed by atoms with E-state index in [9.17, 15) is 14.4 Å². The van der Waals surface area contributed by atoms with Crippen LogP contribution in [-0.4, -0.2) is 86.1 Å². The second kappa shape index (κ2) is 11.8. The predicted molar refractivity (Wildman–Crippen MR) is 179 cm³/mol. The minimum absolute atomic E-state index is 0.0448. The van der Waals surface area contributed by atoms with E-state index in [1.165, 1.54) is 0 Å². The van der Waals surface area contributed by atoms with Crippen molar-refractivity contribution in [1.82, 2.24) is 29.3 Å². The summed E-state index contributed by atoms with van der Waals surface area (Å²) >= 11 is 0. The number of nitrogens with zero attached hydrogens (tertiary/aromatic N) is 7. The van der Waals surface area contributed by atoms with Crippen LogP contribution in [0.1, 0.15) is 95.1 Å². The fourth-order valence-electron chi connectivity index (χ4n) is 8.41. The smallest absolute Gasteiger partial charge is 0.410 e. The Balaban J connectivity index is 1.06. The third-order valence-corrected chi connectivity index (χ3v) is 10.4. The van der Waals surface area contributed by atoms with Gasteiger partial charge < -0.3 is 29.3 Å². The van der Waals surface area contributed by atoms with E-state index in [1.54, 1.807) is 31.4 Å². The van der Waals surface area contributed by atoms with Gasteiger partial charge in [0, 0.05) is 57.3 Å². The largest absolute Gasteiger partial charge is 0.444 e. The molecule has 5 heterocycles. The standard InChI is InChI=1S/C35H46N8O4/c1-34(2,3)47-33(46)41-14-8-9-22-16-35(17-27(22)41)18-29(44)42(21-35)25-12-13-28(36-20-25)38-32-37-19-23-15-26(31(45)40(4)5)43(30(23)39-32)24-10-6-7-11-24/h12-13,15,19-20,22,24,27H,6-11,14,16-18,21H2,1-5H3,(H,36,37,38,39). The van der Waals surface area contributed by atoms with Gasteiger partial charge in [0.1, 0.15) is 22.8 Å². The lowest BCUT2D eigenvalue weighted by molar-refractivity contribution is -0.117. The molecule has 0 bridgehead atoms. The van der Waals surface area contributed by atoms with E-state index in [-0.39, 0.29) is 35.4 Å². The van der Waals surface area contributed by atoms with E-state index in [0.29, 0.717) is 42.9 Å². The molecule has 2 saturated carbocycles. The molecular weight excluding hydrogens is 596 g/mol. The Morgan fingerprint density at radius 1 is 1.04 bits per heavy atom. The second-order valence-electron chi connectivity index (χ2n) is 15.2. The zero-order chi connectivity index (χ0) is 33.1. The van der Waals surface area contributed by atoms with E-state index < -0.39 is 5.60 Å². The van der Waals surface area contributed by atoms with Crippen molar-refractivity contribution in [3.05, 3.63) is 36.3 Å². The highest BCUT2D eigenvalue weighted by Crippen LogP contribution is 2.53. The molecule has 4 fully saturated rings. The quantitative estimate of drug-likeness (QED) is 0.364. The van der Waals surface area contributed by atoms with Crippen molar-refractivity contribution in [2.24, 2.45) is 11.3 Å². The van der Waals surface area contributed by atoms with Crippen LogP contribution in [0.25, 0.3) is 11.0 Å². The van der Waals surface area contributed by atoms with E-state index in [0.717, 1.165) is 68.1 Å². The first-order valence-electron chi connectivity index (χ1n) is 17.0. The van der Waals surface area contributed by atoms with Crippen LogP contribution >= 0.6 is 0 Å². The maximum absolute atomic E-state index is 13.4. The number of aromatic nitrogens is 4. The summed E-state index contributed by atoms with van der Waals surface area (Å²) < 4.78 is 7.83. The molecule has 3 atom stereocenters. The minimum Gasteiger partial charge on any atom is -0.444 e. The fraction of sp³-hybridized carbons (Fsp3) is 0.600. The van der Waals surface area contributed by atoms with Crippen LogP contribution in [0.4, 0.5) is 22.2 Å². The summed E-state index contributed by atoms with van der Waals surface area (Å²) in [5, 5.41) is 4.06. The fourth-order valence-corrected chi connectivity index (χ4v) is 8.41. The van der Waals surface area contributed by atoms with E-state index >= 15 is 0 Å². The van der Waals surface area contributed by atoms with Crippen LogP contribution in [0.15, 0.2) is 30.6 Å². The van der Waals surface area contributed by atoms with Gasteiger partial charge in [0.25, 0.3) is 5.91 Å². The molecule has 3 aromatic rings. The van der Waals surface area contributed by atoms with Crippen molar-refractivity contribution in [2.45, 2.75) is 96.2 Å². The Morgan fingerprint density at radius 2 is 1.83 bits per heavy atom. The number of carbonyl (C=O) groups excluding carboxylic acids is 3. The van der Waals surface area contributed by atoms with Gasteiger partial charge in [0.15, 0.2) is 0 Å². The molecule has 47 heavy (non-hydrogen) atoms. The van der Waals surface area contributed by atoms with Crippen LogP contribution in [0.2, 0.25) is 0 Å². The van der Waals surface area contributed by atoms with Gasteiger partial charge in [-0.05, 0) is 88.8 Å². The van der Waals surface area contributed by atoms with Crippen LogP contribution in [0.3, 0.4) is 0 Å². The molecular formula is C35H46N8O4. The molecule has 3 aromatic heterocycles. The van der Waals surface area contributed by atoms with Crippen molar-refractivity contribution in [3.8, 4) is 0 Å². The molecule has 12 nitrogen and oxygen atoms in total. The molecule has 3 unspecified atom stereocenters. The lowest BCUT2D eigenvalue weighted by Gasteiger charge is -2.38. The van der Waals surface area contributed by atoms with Crippen molar-refractivity contribution < 1.29 is 19.1 Å². The Labute approximate surface area is 275 Å². The summed E-state index contributed by atoms with van der Waals surface area (Å²) in [5.74, 6) is 1.41. The number of likely N-dealkylation sites (tertiary alicyclic amines) is 1. The molecule has 1 spiro atoms. The lowest BCUT2D eigenvalue weighted by Crippen LogP contribution is -2.48. The monoisotopic (exact) mass is 642 g/mol. The molecule has 0 radical (unpaired) electrons. The first kappa shape index (κ1) is 31.4. The minimum atomic E-state index is -0.538. The number of pyridine rings is 1. The normalized spacial score (nSPS) is 24.7. The average molecular weight is 643 g/mol. The number of fused-ring (bicyclic) bond motifs is 2. The van der Waals surface area contributed by atoms with Crippen molar-refractivity contribution in [2.75, 3.05) is 37.4 Å². The average Bonchev–Trinajstić information content (AvgIpc) is 3.80. The number of carbonyl (C=O) groups is 3. The molecule has 1 N–H and O–H groups in total. The number of nitrogens with one attached hydrogen (secondary N) is 1. The number of hydrogen-bond donors (Lipinski definition) is 1. The maximum Gasteiger partial charge on any atom is 0.410 e. The van der Waals surface area contributed by atoms with Gasteiger partial charge in [0.05, 0.1) is 11.9 Å². The highest BCUT2D eigenvalue weighted by Gasteiger charge is 2.55. The Bertz CT molecular complexity index is 1690. The van der Waals surface area contributed by atoms with Crippen LogP contribution in [0, 0.1) is 11.3 Å². The molecule has 250 valence electrons. The molecule has 3 amide bonds. The van der Waals surface area contributed by atoms with Crippen molar-refractivity contribution in [3.63, 3.8) is 0 Å². The van der Waals surface area contributed by atoms with E-state index in [4.69, 9.17) is 9.72 Å². The van der Waals surface area contributed by atoms with Gasteiger partial charge in [-0.1, -0.05) is 12.8 Å². The van der Waals surface area contributed by atoms with E-state index in [1.807, 2.05) is 48.8 Å².